The van der Waals surface area contributed by atoms with E-state index in [-0.39, 0.29) is 11.6 Å². The molecule has 1 N–H and O–H groups in total. The Balaban J connectivity index is 1.87. The van der Waals surface area contributed by atoms with Crippen LogP contribution in [0.2, 0.25) is 0 Å². The van der Waals surface area contributed by atoms with Crippen molar-refractivity contribution in [3.05, 3.63) is 72.4 Å². The molecule has 148 valence electrons. The quantitative estimate of drug-likeness (QED) is 0.792. The Morgan fingerprint density at radius 2 is 1.68 bits per heavy atom. The van der Waals surface area contributed by atoms with Gasteiger partial charge in [0.2, 0.25) is 0 Å². The summed E-state index contributed by atoms with van der Waals surface area (Å²) >= 11 is 0. The lowest BCUT2D eigenvalue weighted by Gasteiger charge is -2.37. The second-order valence-corrected chi connectivity index (χ2v) is 7.83. The molecule has 1 atom stereocenters. The fourth-order valence-corrected chi connectivity index (χ4v) is 3.29. The third-order valence-corrected chi connectivity index (χ3v) is 4.65. The molecule has 0 radical (unpaired) electrons. The Kier molecular flexibility index (Phi) is 5.93. The number of amides is 1. The van der Waals surface area contributed by atoms with Crippen molar-refractivity contribution >= 4 is 17.5 Å². The van der Waals surface area contributed by atoms with Crippen LogP contribution in [0.15, 0.2) is 66.9 Å². The average molecular weight is 380 g/mol. The summed E-state index contributed by atoms with van der Waals surface area (Å²) in [5.41, 5.74) is 2.66. The Hall–Kier alpha value is -2.95. The second-order valence-electron chi connectivity index (χ2n) is 7.83. The van der Waals surface area contributed by atoms with Gasteiger partial charge in [0.05, 0.1) is 5.70 Å². The van der Waals surface area contributed by atoms with Gasteiger partial charge in [0.15, 0.2) is 0 Å². The van der Waals surface area contributed by atoms with Crippen molar-refractivity contribution in [2.75, 3.05) is 11.4 Å². The van der Waals surface area contributed by atoms with E-state index in [1.165, 1.54) is 0 Å². The summed E-state index contributed by atoms with van der Waals surface area (Å²) in [5, 5.41) is 3.23. The van der Waals surface area contributed by atoms with Gasteiger partial charge in [-0.05, 0) is 44.9 Å². The molecular weight excluding hydrogens is 350 g/mol. The topological polar surface area (TPSA) is 44.8 Å². The fraction of sp³-hybridized carbons (Fsp3) is 0.348. The van der Waals surface area contributed by atoms with Gasteiger partial charge in [-0.2, -0.15) is 0 Å². The van der Waals surface area contributed by atoms with Crippen LogP contribution in [-0.4, -0.2) is 29.4 Å². The number of nitrogens with zero attached hydrogens (tertiary/aromatic N) is 2. The Labute approximate surface area is 167 Å². The van der Waals surface area contributed by atoms with E-state index < -0.39 is 6.35 Å². The summed E-state index contributed by atoms with van der Waals surface area (Å²) in [4.78, 5) is 16.8. The zero-order chi connectivity index (χ0) is 20.1. The minimum atomic E-state index is -0.605. The van der Waals surface area contributed by atoms with E-state index in [0.29, 0.717) is 6.54 Å². The van der Waals surface area contributed by atoms with Crippen LogP contribution in [-0.2, 0) is 4.74 Å². The Morgan fingerprint density at radius 1 is 1.07 bits per heavy atom. The number of benzene rings is 2. The summed E-state index contributed by atoms with van der Waals surface area (Å²) in [6.07, 6.45) is 1.85. The molecule has 1 aliphatic rings. The number of para-hydroxylation sites is 1. The number of ether oxygens (including phenoxy) is 1. The van der Waals surface area contributed by atoms with Crippen LogP contribution in [0, 0.1) is 0 Å². The average Bonchev–Trinajstić information content (AvgIpc) is 3.10. The predicted molar refractivity (Wildman–Crippen MR) is 113 cm³/mol. The lowest BCUT2D eigenvalue weighted by atomic mass is 10.1. The number of carbonyl (C=O) groups excluding carboxylic acids is 1. The smallest absolute Gasteiger partial charge is 0.406 e. The molecule has 0 spiro atoms. The highest BCUT2D eigenvalue weighted by Gasteiger charge is 2.34. The van der Waals surface area contributed by atoms with Gasteiger partial charge in [-0.3, -0.25) is 4.90 Å². The fourth-order valence-electron chi connectivity index (χ4n) is 3.29. The van der Waals surface area contributed by atoms with Crippen molar-refractivity contribution in [2.45, 2.75) is 46.0 Å². The number of carbonyl (C=O) groups is 1. The molecule has 0 bridgehead atoms. The van der Waals surface area contributed by atoms with Crippen molar-refractivity contribution in [2.24, 2.45) is 0 Å². The first-order valence-electron chi connectivity index (χ1n) is 9.76. The Bertz CT molecular complexity index is 813. The summed E-state index contributed by atoms with van der Waals surface area (Å²) < 4.78 is 5.92. The van der Waals surface area contributed by atoms with E-state index in [1.54, 1.807) is 4.90 Å². The second kappa shape index (κ2) is 8.38. The van der Waals surface area contributed by atoms with Crippen LogP contribution in [0.3, 0.4) is 0 Å². The van der Waals surface area contributed by atoms with Gasteiger partial charge in [-0.25, -0.2) is 4.79 Å². The molecule has 1 amide bonds. The molecule has 0 fully saturated rings. The van der Waals surface area contributed by atoms with Gasteiger partial charge in [0.1, 0.15) is 0 Å². The van der Waals surface area contributed by atoms with Gasteiger partial charge in [-0.15, -0.1) is 0 Å². The molecule has 0 aliphatic carbocycles. The molecule has 5 nitrogen and oxygen atoms in total. The summed E-state index contributed by atoms with van der Waals surface area (Å²) in [5.74, 6) is 0. The number of nitrogens with one attached hydrogen (secondary N) is 1. The van der Waals surface area contributed by atoms with Crippen molar-refractivity contribution < 1.29 is 9.53 Å². The van der Waals surface area contributed by atoms with Crippen LogP contribution >= 0.6 is 0 Å². The largest absolute Gasteiger partial charge is 0.413 e. The molecule has 1 heterocycles. The van der Waals surface area contributed by atoms with Crippen LogP contribution in [0.25, 0.3) is 5.70 Å². The molecule has 2 aromatic rings. The number of hydrogen-bond donors (Lipinski definition) is 1. The van der Waals surface area contributed by atoms with Crippen LogP contribution in [0.1, 0.15) is 39.7 Å². The maximum atomic E-state index is 13.0. The standard InChI is InChI=1S/C23H29N3O2/c1-5-16-25(23(2,3)4)22(27)28-21-24-17-20(18-12-8-6-9-13-18)26(21)19-14-10-7-11-15-19/h6-15,17,21,24H,5,16H2,1-4H3. The van der Waals surface area contributed by atoms with Crippen molar-refractivity contribution in [3.8, 4) is 0 Å². The molecule has 0 aromatic heterocycles. The molecule has 0 saturated heterocycles. The minimum absolute atomic E-state index is 0.307. The maximum Gasteiger partial charge on any atom is 0.413 e. The lowest BCUT2D eigenvalue weighted by molar-refractivity contribution is 0.0351. The number of hydrogen-bond acceptors (Lipinski definition) is 4. The molecule has 5 heteroatoms. The third kappa shape index (κ3) is 4.30. The number of anilines is 1. The number of rotatable bonds is 5. The van der Waals surface area contributed by atoms with E-state index in [2.05, 4.69) is 12.2 Å². The molecule has 1 unspecified atom stereocenters. The molecule has 1 aliphatic heterocycles. The molecule has 2 aromatic carbocycles. The summed E-state index contributed by atoms with van der Waals surface area (Å²) in [6, 6.07) is 20.0. The van der Waals surface area contributed by atoms with Gasteiger partial charge in [-0.1, -0.05) is 55.5 Å². The van der Waals surface area contributed by atoms with E-state index >= 15 is 0 Å². The van der Waals surface area contributed by atoms with Gasteiger partial charge >= 0.3 is 6.09 Å². The van der Waals surface area contributed by atoms with Crippen molar-refractivity contribution in [3.63, 3.8) is 0 Å². The highest BCUT2D eigenvalue weighted by Crippen LogP contribution is 2.32. The monoisotopic (exact) mass is 379 g/mol. The molecule has 0 saturated carbocycles. The van der Waals surface area contributed by atoms with Gasteiger partial charge in [0.25, 0.3) is 6.35 Å². The molecule has 3 rings (SSSR count). The molecular formula is C23H29N3O2. The summed E-state index contributed by atoms with van der Waals surface area (Å²) in [6.45, 7) is 8.78. The first-order valence-corrected chi connectivity index (χ1v) is 9.76. The van der Waals surface area contributed by atoms with Crippen LogP contribution in [0.4, 0.5) is 10.5 Å². The first-order chi connectivity index (χ1) is 13.4. The minimum Gasteiger partial charge on any atom is -0.406 e. The highest BCUT2D eigenvalue weighted by molar-refractivity contribution is 5.82. The predicted octanol–water partition coefficient (Wildman–Crippen LogP) is 5.03. The maximum absolute atomic E-state index is 13.0. The SMILES string of the molecule is CCCN(C(=O)OC1NC=C(c2ccccc2)N1c1ccccc1)C(C)(C)C. The van der Waals surface area contributed by atoms with Crippen molar-refractivity contribution in [1.82, 2.24) is 10.2 Å². The third-order valence-electron chi connectivity index (χ3n) is 4.65. The van der Waals surface area contributed by atoms with Crippen molar-refractivity contribution in [1.29, 1.82) is 0 Å². The van der Waals surface area contributed by atoms with E-state index in [9.17, 15) is 4.79 Å². The van der Waals surface area contributed by atoms with Gasteiger partial charge < -0.3 is 15.0 Å². The van der Waals surface area contributed by atoms with E-state index in [4.69, 9.17) is 4.74 Å². The van der Waals surface area contributed by atoms with E-state index in [0.717, 1.165) is 23.4 Å². The van der Waals surface area contributed by atoms with Crippen LogP contribution in [0.5, 0.6) is 0 Å². The lowest BCUT2D eigenvalue weighted by Crippen LogP contribution is -2.50. The van der Waals surface area contributed by atoms with Gasteiger partial charge in [0, 0.05) is 24.0 Å². The van der Waals surface area contributed by atoms with Crippen LogP contribution < -0.4 is 10.2 Å². The first kappa shape index (κ1) is 19.8. The zero-order valence-electron chi connectivity index (χ0n) is 17.1. The zero-order valence-corrected chi connectivity index (χ0v) is 17.1. The highest BCUT2D eigenvalue weighted by atomic mass is 16.6. The molecule has 28 heavy (non-hydrogen) atoms. The normalized spacial score (nSPS) is 16.4. The van der Waals surface area contributed by atoms with E-state index in [1.807, 2.05) is 92.5 Å². The summed E-state index contributed by atoms with van der Waals surface area (Å²) in [7, 11) is 0. The Morgan fingerprint density at radius 3 is 2.25 bits per heavy atom.